The molecule has 218 valence electrons. The van der Waals surface area contributed by atoms with E-state index in [1.165, 1.54) is 12.1 Å². The van der Waals surface area contributed by atoms with Crippen molar-refractivity contribution >= 4 is 47.2 Å². The maximum absolute atomic E-state index is 12.5. The van der Waals surface area contributed by atoms with Crippen molar-refractivity contribution in [3.05, 3.63) is 24.0 Å². The Hall–Kier alpha value is -4.68. The second kappa shape index (κ2) is 14.5. The van der Waals surface area contributed by atoms with E-state index in [4.69, 9.17) is 21.7 Å². The third-order valence-corrected chi connectivity index (χ3v) is 5.67. The molecule has 0 aromatic carbocycles. The van der Waals surface area contributed by atoms with Crippen LogP contribution in [0.15, 0.2) is 18.3 Å². The molecule has 12 N–H and O–H groups in total. The lowest BCUT2D eigenvalue weighted by molar-refractivity contribution is -0.143. The number of rotatable bonds is 14. The molecule has 18 heteroatoms. The molecule has 2 heterocycles. The molecule has 0 spiro atoms. The Kier molecular flexibility index (Phi) is 11.4. The highest BCUT2D eigenvalue weighted by Gasteiger charge is 2.34. The van der Waals surface area contributed by atoms with Crippen LogP contribution in [-0.2, 0) is 28.8 Å². The van der Waals surface area contributed by atoms with Crippen molar-refractivity contribution in [2.75, 3.05) is 5.32 Å². The van der Waals surface area contributed by atoms with Gasteiger partial charge in [-0.25, -0.2) is 14.6 Å². The molecular weight excluding hydrogens is 536 g/mol. The van der Waals surface area contributed by atoms with Gasteiger partial charge in [-0.15, -0.1) is 0 Å². The fourth-order valence-electron chi connectivity index (χ4n) is 3.58. The Balaban J connectivity index is 1.89. The zero-order chi connectivity index (χ0) is 30.0. The van der Waals surface area contributed by atoms with Gasteiger partial charge in [0.1, 0.15) is 24.1 Å². The Morgan fingerprint density at radius 2 is 1.55 bits per heavy atom. The topological polar surface area (TPSA) is 305 Å². The number of carbonyl (C=O) groups excluding carboxylic acids is 4. The van der Waals surface area contributed by atoms with Crippen LogP contribution in [0, 0.1) is 5.92 Å². The summed E-state index contributed by atoms with van der Waals surface area (Å²) in [5, 5.41) is 39.1. The van der Waals surface area contributed by atoms with Crippen LogP contribution in [0.5, 0.6) is 0 Å². The van der Waals surface area contributed by atoms with Crippen LogP contribution in [0.1, 0.15) is 42.6 Å². The molecule has 1 fully saturated rings. The van der Waals surface area contributed by atoms with Gasteiger partial charge >= 0.3 is 17.9 Å². The third kappa shape index (κ3) is 9.89. The molecule has 0 radical (unpaired) electrons. The minimum atomic E-state index is -1.53. The number of carbonyl (C=O) groups is 7. The van der Waals surface area contributed by atoms with Crippen LogP contribution in [0.4, 0.5) is 5.69 Å². The Labute approximate surface area is 226 Å². The molecule has 5 atom stereocenters. The van der Waals surface area contributed by atoms with Gasteiger partial charge < -0.3 is 42.3 Å². The zero-order valence-corrected chi connectivity index (χ0v) is 21.0. The summed E-state index contributed by atoms with van der Waals surface area (Å²) in [6, 6.07) is -0.484. The molecule has 1 aliphatic heterocycles. The average Bonchev–Trinajstić information content (AvgIpc) is 2.86. The number of nitrogens with two attached hydrogens (primary N) is 2. The number of carboxylic acids is 3. The number of nitrogens with one attached hydrogen (secondary N) is 5. The van der Waals surface area contributed by atoms with Crippen molar-refractivity contribution in [2.24, 2.45) is 17.4 Å². The molecule has 1 aliphatic rings. The molecule has 1 aromatic heterocycles. The summed E-state index contributed by atoms with van der Waals surface area (Å²) in [7, 11) is 0. The fraction of sp³-hybridized carbons (Fsp3) is 0.455. The number of hydrogen-bond donors (Lipinski definition) is 10. The Morgan fingerprint density at radius 3 is 2.10 bits per heavy atom. The zero-order valence-electron chi connectivity index (χ0n) is 21.0. The van der Waals surface area contributed by atoms with Crippen molar-refractivity contribution in [3.8, 4) is 0 Å². The van der Waals surface area contributed by atoms with Gasteiger partial charge in [0.25, 0.3) is 5.91 Å². The highest BCUT2D eigenvalue weighted by molar-refractivity contribution is 5.97. The molecule has 0 bridgehead atoms. The van der Waals surface area contributed by atoms with E-state index in [1.807, 2.05) is 0 Å². The van der Waals surface area contributed by atoms with E-state index in [9.17, 15) is 38.7 Å². The highest BCUT2D eigenvalue weighted by atomic mass is 16.4. The first-order chi connectivity index (χ1) is 18.8. The lowest BCUT2D eigenvalue weighted by atomic mass is 9.98. The van der Waals surface area contributed by atoms with E-state index in [0.29, 0.717) is 0 Å². The van der Waals surface area contributed by atoms with Gasteiger partial charge in [0, 0.05) is 19.3 Å². The molecule has 40 heavy (non-hydrogen) atoms. The molecule has 1 saturated heterocycles. The molecule has 0 aliphatic carbocycles. The SMILES string of the molecule is NC1NC(=O)C(CC(=O)Nc2ccc(C(=O)N[C@@H](CCC(=O)N[C@@H](CCC(=O)O)C(=O)O)C(=O)O)nc2)C(N)N1. The molecule has 0 saturated carbocycles. The van der Waals surface area contributed by atoms with Crippen LogP contribution in [0.3, 0.4) is 0 Å². The van der Waals surface area contributed by atoms with E-state index in [0.717, 1.165) is 6.20 Å². The van der Waals surface area contributed by atoms with Gasteiger partial charge in [-0.2, -0.15) is 0 Å². The largest absolute Gasteiger partial charge is 0.481 e. The van der Waals surface area contributed by atoms with Crippen molar-refractivity contribution in [1.29, 1.82) is 0 Å². The number of anilines is 1. The van der Waals surface area contributed by atoms with Crippen LogP contribution in [0.25, 0.3) is 0 Å². The summed E-state index contributed by atoms with van der Waals surface area (Å²) in [4.78, 5) is 86.2. The smallest absolute Gasteiger partial charge is 0.326 e. The van der Waals surface area contributed by atoms with Gasteiger partial charge in [0.15, 0.2) is 0 Å². The second-order valence-corrected chi connectivity index (χ2v) is 8.76. The van der Waals surface area contributed by atoms with Crippen molar-refractivity contribution in [1.82, 2.24) is 26.3 Å². The van der Waals surface area contributed by atoms with Gasteiger partial charge in [0.2, 0.25) is 17.7 Å². The molecule has 2 rings (SSSR count). The highest BCUT2D eigenvalue weighted by Crippen LogP contribution is 2.13. The summed E-state index contributed by atoms with van der Waals surface area (Å²) in [6.07, 6.45) is -2.56. The monoisotopic (exact) mass is 566 g/mol. The predicted molar refractivity (Wildman–Crippen MR) is 133 cm³/mol. The van der Waals surface area contributed by atoms with Crippen LogP contribution >= 0.6 is 0 Å². The number of carboxylic acid groups (broad SMARTS) is 3. The third-order valence-electron chi connectivity index (χ3n) is 5.67. The molecule has 18 nitrogen and oxygen atoms in total. The summed E-state index contributed by atoms with van der Waals surface area (Å²) in [5.74, 6) is -7.86. The number of amides is 4. The summed E-state index contributed by atoms with van der Waals surface area (Å²) >= 11 is 0. The lowest BCUT2D eigenvalue weighted by Crippen LogP contribution is -2.67. The average molecular weight is 567 g/mol. The van der Waals surface area contributed by atoms with E-state index in [1.54, 1.807) is 0 Å². The molecule has 4 amide bonds. The molecule has 3 unspecified atom stereocenters. The Morgan fingerprint density at radius 1 is 0.925 bits per heavy atom. The standard InChI is InChI=1S/C22H30N8O10/c23-17-10(18(35)30-22(24)29-17)7-15(32)26-9-1-2-11(25-8-9)19(36)28-13(21(39)40)3-5-14(31)27-12(20(37)38)4-6-16(33)34/h1-2,8,10,12-13,17,22,29H,3-7,23-24H2,(H,26,32)(H,27,31)(H,28,36)(H,30,35)(H,33,34)(H,37,38)(H,39,40)/t10?,12-,13-,17?,22?/m0/s1. The predicted octanol–water partition coefficient (Wildman–Crippen LogP) is -3.33. The van der Waals surface area contributed by atoms with E-state index >= 15 is 0 Å². The maximum Gasteiger partial charge on any atom is 0.326 e. The van der Waals surface area contributed by atoms with Crippen molar-refractivity contribution < 1.29 is 48.9 Å². The summed E-state index contributed by atoms with van der Waals surface area (Å²) in [5.41, 5.74) is 11.3. The van der Waals surface area contributed by atoms with Gasteiger partial charge in [-0.05, 0) is 25.0 Å². The number of aromatic nitrogens is 1. The van der Waals surface area contributed by atoms with Gasteiger partial charge in [0.05, 0.1) is 24.0 Å². The van der Waals surface area contributed by atoms with Gasteiger partial charge in [-0.3, -0.25) is 35.0 Å². The van der Waals surface area contributed by atoms with Gasteiger partial charge in [-0.1, -0.05) is 0 Å². The quantitative estimate of drug-likeness (QED) is 0.105. The molecule has 1 aromatic rings. The number of pyridine rings is 1. The lowest BCUT2D eigenvalue weighted by Gasteiger charge is -2.33. The summed E-state index contributed by atoms with van der Waals surface area (Å²) < 4.78 is 0. The first kappa shape index (κ1) is 31.5. The first-order valence-electron chi connectivity index (χ1n) is 11.9. The number of nitrogens with zero attached hydrogens (tertiary/aromatic N) is 1. The normalized spacial score (nSPS) is 19.9. The van der Waals surface area contributed by atoms with Crippen LogP contribution < -0.4 is 38.1 Å². The first-order valence-corrected chi connectivity index (χ1v) is 11.9. The number of aliphatic carboxylic acids is 3. The van der Waals surface area contributed by atoms with Crippen molar-refractivity contribution in [2.45, 2.75) is 56.6 Å². The van der Waals surface area contributed by atoms with Crippen molar-refractivity contribution in [3.63, 3.8) is 0 Å². The maximum atomic E-state index is 12.5. The minimum absolute atomic E-state index is 0.179. The number of hydrogen-bond acceptors (Lipinski definition) is 11. The Bertz CT molecular complexity index is 1140. The van der Waals surface area contributed by atoms with Crippen LogP contribution in [0.2, 0.25) is 0 Å². The fourth-order valence-corrected chi connectivity index (χ4v) is 3.58. The van der Waals surface area contributed by atoms with Crippen LogP contribution in [-0.4, -0.2) is 86.4 Å². The second-order valence-electron chi connectivity index (χ2n) is 8.76. The van der Waals surface area contributed by atoms with E-state index in [-0.39, 0.29) is 24.2 Å². The minimum Gasteiger partial charge on any atom is -0.481 e. The molecular formula is C22H30N8O10. The van der Waals surface area contributed by atoms with E-state index in [2.05, 4.69) is 31.6 Å². The summed E-state index contributed by atoms with van der Waals surface area (Å²) in [6.45, 7) is 0. The van der Waals surface area contributed by atoms with E-state index < -0.39 is 91.3 Å².